The van der Waals surface area contributed by atoms with Crippen molar-refractivity contribution in [3.05, 3.63) is 0 Å². The van der Waals surface area contributed by atoms with Gasteiger partial charge < -0.3 is 15.0 Å². The molecule has 1 saturated heterocycles. The van der Waals surface area contributed by atoms with E-state index in [9.17, 15) is 9.59 Å². The Hall–Kier alpha value is -1.35. The first-order chi connectivity index (χ1) is 10.6. The molecular formula is C13H20N4O3S2. The summed E-state index contributed by atoms with van der Waals surface area (Å²) in [6, 6.07) is 0. The molecule has 9 heteroatoms. The summed E-state index contributed by atoms with van der Waals surface area (Å²) < 4.78 is 5.81. The number of esters is 1. The molecule has 7 nitrogen and oxygen atoms in total. The minimum absolute atomic E-state index is 0.0713. The Morgan fingerprint density at radius 1 is 1.41 bits per heavy atom. The van der Waals surface area contributed by atoms with Gasteiger partial charge in [-0.2, -0.15) is 0 Å². The first-order valence-corrected chi connectivity index (χ1v) is 9.02. The zero-order chi connectivity index (χ0) is 15.9. The number of aromatic nitrogens is 2. The van der Waals surface area contributed by atoms with Gasteiger partial charge in [0.05, 0.1) is 18.3 Å². The summed E-state index contributed by atoms with van der Waals surface area (Å²) in [7, 11) is 1.79. The van der Waals surface area contributed by atoms with Crippen molar-refractivity contribution >= 4 is 40.1 Å². The maximum atomic E-state index is 12.2. The summed E-state index contributed by atoms with van der Waals surface area (Å²) in [6.45, 7) is 3.44. The normalized spacial score (nSPS) is 15.6. The lowest BCUT2D eigenvalue weighted by Crippen LogP contribution is -2.41. The second-order valence-corrected chi connectivity index (χ2v) is 7.02. The van der Waals surface area contributed by atoms with Crippen LogP contribution < -0.4 is 5.32 Å². The van der Waals surface area contributed by atoms with Crippen molar-refractivity contribution in [3.8, 4) is 0 Å². The van der Waals surface area contributed by atoms with Crippen LogP contribution in [0.15, 0.2) is 4.34 Å². The number of carbonyl (C=O) groups is 2. The molecular weight excluding hydrogens is 324 g/mol. The SMILES string of the molecule is CCOC(=O)C1CCN(C(=O)CSc2nnc(NC)s2)CC1. The zero-order valence-electron chi connectivity index (χ0n) is 12.7. The first-order valence-electron chi connectivity index (χ1n) is 7.22. The molecule has 22 heavy (non-hydrogen) atoms. The van der Waals surface area contributed by atoms with Crippen LogP contribution in [0.1, 0.15) is 19.8 Å². The van der Waals surface area contributed by atoms with Gasteiger partial charge >= 0.3 is 5.97 Å². The van der Waals surface area contributed by atoms with Crippen molar-refractivity contribution in [2.75, 3.05) is 37.8 Å². The van der Waals surface area contributed by atoms with E-state index in [0.29, 0.717) is 38.3 Å². The molecule has 1 N–H and O–H groups in total. The lowest BCUT2D eigenvalue weighted by Gasteiger charge is -2.30. The Morgan fingerprint density at radius 3 is 2.73 bits per heavy atom. The third-order valence-electron chi connectivity index (χ3n) is 3.41. The number of anilines is 1. The van der Waals surface area contributed by atoms with Crippen LogP contribution in [0.2, 0.25) is 0 Å². The van der Waals surface area contributed by atoms with Crippen molar-refractivity contribution < 1.29 is 14.3 Å². The number of rotatable bonds is 6. The molecule has 1 fully saturated rings. The van der Waals surface area contributed by atoms with Gasteiger partial charge in [-0.05, 0) is 19.8 Å². The van der Waals surface area contributed by atoms with Crippen LogP contribution in [-0.2, 0) is 14.3 Å². The molecule has 2 rings (SSSR count). The predicted molar refractivity (Wildman–Crippen MR) is 86.1 cm³/mol. The summed E-state index contributed by atoms with van der Waals surface area (Å²) in [5.41, 5.74) is 0. The number of nitrogens with zero attached hydrogens (tertiary/aromatic N) is 3. The fraction of sp³-hybridized carbons (Fsp3) is 0.692. The standard InChI is InChI=1S/C13H20N4O3S2/c1-3-20-11(19)9-4-6-17(7-5-9)10(18)8-21-13-16-15-12(14-2)22-13/h9H,3-8H2,1-2H3,(H,14,15). The number of likely N-dealkylation sites (tertiary alicyclic amines) is 1. The fourth-order valence-electron chi connectivity index (χ4n) is 2.21. The highest BCUT2D eigenvalue weighted by Gasteiger charge is 2.28. The highest BCUT2D eigenvalue weighted by Crippen LogP contribution is 2.26. The van der Waals surface area contributed by atoms with E-state index in [-0.39, 0.29) is 17.8 Å². The van der Waals surface area contributed by atoms with Gasteiger partial charge in [0.15, 0.2) is 4.34 Å². The van der Waals surface area contributed by atoms with Gasteiger partial charge in [-0.3, -0.25) is 9.59 Å². The summed E-state index contributed by atoms with van der Waals surface area (Å²) in [5.74, 6) is 0.214. The van der Waals surface area contributed by atoms with Crippen LogP contribution in [0.5, 0.6) is 0 Å². The maximum Gasteiger partial charge on any atom is 0.309 e. The minimum Gasteiger partial charge on any atom is -0.466 e. The molecule has 122 valence electrons. The van der Waals surface area contributed by atoms with E-state index in [1.165, 1.54) is 23.1 Å². The van der Waals surface area contributed by atoms with E-state index in [1.807, 2.05) is 4.90 Å². The molecule has 0 radical (unpaired) electrons. The highest BCUT2D eigenvalue weighted by molar-refractivity contribution is 8.01. The number of ether oxygens (including phenoxy) is 1. The van der Waals surface area contributed by atoms with Gasteiger partial charge in [0.2, 0.25) is 11.0 Å². The second-order valence-electron chi connectivity index (χ2n) is 4.82. The summed E-state index contributed by atoms with van der Waals surface area (Å²) in [5, 5.41) is 11.6. The van der Waals surface area contributed by atoms with E-state index in [2.05, 4.69) is 15.5 Å². The van der Waals surface area contributed by atoms with E-state index >= 15 is 0 Å². The lowest BCUT2D eigenvalue weighted by molar-refractivity contribution is -0.151. The van der Waals surface area contributed by atoms with Gasteiger partial charge in [0.25, 0.3) is 0 Å². The second kappa shape index (κ2) is 8.33. The fourth-order valence-corrected chi connectivity index (χ4v) is 3.82. The third kappa shape index (κ3) is 4.57. The topological polar surface area (TPSA) is 84.4 Å². The highest BCUT2D eigenvalue weighted by atomic mass is 32.2. The number of hydrogen-bond donors (Lipinski definition) is 1. The Labute approximate surface area is 137 Å². The molecule has 1 aromatic rings. The van der Waals surface area contributed by atoms with Crippen molar-refractivity contribution in [1.29, 1.82) is 0 Å². The first kappa shape index (κ1) is 17.0. The molecule has 0 spiro atoms. The van der Waals surface area contributed by atoms with Gasteiger partial charge in [0, 0.05) is 20.1 Å². The molecule has 1 amide bonds. The smallest absolute Gasteiger partial charge is 0.309 e. The Kier molecular flexibility index (Phi) is 6.44. The van der Waals surface area contributed by atoms with Crippen molar-refractivity contribution in [2.24, 2.45) is 5.92 Å². The third-order valence-corrected chi connectivity index (χ3v) is 5.47. The van der Waals surface area contributed by atoms with Crippen molar-refractivity contribution in [2.45, 2.75) is 24.1 Å². The summed E-state index contributed by atoms with van der Waals surface area (Å²) >= 11 is 2.82. The molecule has 0 aliphatic carbocycles. The van der Waals surface area contributed by atoms with E-state index in [0.717, 1.165) is 9.47 Å². The van der Waals surface area contributed by atoms with E-state index in [1.54, 1.807) is 14.0 Å². The average Bonchev–Trinajstić information content (AvgIpc) is 3.01. The number of piperidine rings is 1. The zero-order valence-corrected chi connectivity index (χ0v) is 14.3. The number of amides is 1. The minimum atomic E-state index is -0.141. The molecule has 0 unspecified atom stereocenters. The number of hydrogen-bond acceptors (Lipinski definition) is 8. The summed E-state index contributed by atoms with van der Waals surface area (Å²) in [6.07, 6.45) is 1.36. The molecule has 1 aliphatic rings. The van der Waals surface area contributed by atoms with Gasteiger partial charge in [0.1, 0.15) is 0 Å². The van der Waals surface area contributed by atoms with Crippen LogP contribution in [-0.4, -0.2) is 59.5 Å². The molecule has 0 bridgehead atoms. The molecule has 0 aromatic carbocycles. The Morgan fingerprint density at radius 2 is 2.14 bits per heavy atom. The number of carbonyl (C=O) groups excluding carboxylic acids is 2. The van der Waals surface area contributed by atoms with Crippen LogP contribution in [0, 0.1) is 5.92 Å². The van der Waals surface area contributed by atoms with Crippen molar-refractivity contribution in [1.82, 2.24) is 15.1 Å². The van der Waals surface area contributed by atoms with E-state index in [4.69, 9.17) is 4.74 Å². The molecule has 2 heterocycles. The Bertz CT molecular complexity index is 515. The molecule has 0 saturated carbocycles. The molecule has 0 atom stereocenters. The quantitative estimate of drug-likeness (QED) is 0.618. The molecule has 1 aliphatic heterocycles. The number of thioether (sulfide) groups is 1. The molecule has 1 aromatic heterocycles. The monoisotopic (exact) mass is 344 g/mol. The van der Waals surface area contributed by atoms with Crippen LogP contribution >= 0.6 is 23.1 Å². The van der Waals surface area contributed by atoms with Gasteiger partial charge in [-0.1, -0.05) is 23.1 Å². The predicted octanol–water partition coefficient (Wildman–Crippen LogP) is 1.47. The van der Waals surface area contributed by atoms with Gasteiger partial charge in [-0.15, -0.1) is 10.2 Å². The van der Waals surface area contributed by atoms with Gasteiger partial charge in [-0.25, -0.2) is 0 Å². The Balaban J connectivity index is 1.74. The maximum absolute atomic E-state index is 12.2. The lowest BCUT2D eigenvalue weighted by atomic mass is 9.97. The average molecular weight is 344 g/mol. The van der Waals surface area contributed by atoms with Crippen LogP contribution in [0.3, 0.4) is 0 Å². The van der Waals surface area contributed by atoms with Crippen LogP contribution in [0.25, 0.3) is 0 Å². The van der Waals surface area contributed by atoms with E-state index < -0.39 is 0 Å². The van der Waals surface area contributed by atoms with Crippen molar-refractivity contribution in [3.63, 3.8) is 0 Å². The largest absolute Gasteiger partial charge is 0.466 e. The summed E-state index contributed by atoms with van der Waals surface area (Å²) in [4.78, 5) is 25.7. The number of nitrogens with one attached hydrogen (secondary N) is 1. The van der Waals surface area contributed by atoms with Crippen LogP contribution in [0.4, 0.5) is 5.13 Å².